The van der Waals surface area contributed by atoms with Crippen molar-refractivity contribution in [2.75, 3.05) is 28.2 Å². The summed E-state index contributed by atoms with van der Waals surface area (Å²) >= 11 is 0. The molecule has 0 spiro atoms. The number of aryl methyl sites for hydroxylation is 4. The van der Waals surface area contributed by atoms with Crippen LogP contribution in [0.3, 0.4) is 0 Å². The van der Waals surface area contributed by atoms with E-state index in [2.05, 4.69) is 0 Å². The molecule has 0 bridgehead atoms. The molecule has 0 aliphatic heterocycles. The Labute approximate surface area is 408 Å². The minimum absolute atomic E-state index is 0. The van der Waals surface area contributed by atoms with E-state index in [0.717, 1.165) is 80.0 Å². The van der Waals surface area contributed by atoms with Gasteiger partial charge in [-0.2, -0.15) is 0 Å². The molecule has 2 heterocycles. The number of amides is 2. The van der Waals surface area contributed by atoms with Crippen molar-refractivity contribution in [2.45, 2.75) is 41.5 Å². The van der Waals surface area contributed by atoms with Crippen LogP contribution in [0.15, 0.2) is 109 Å². The third-order valence-electron chi connectivity index (χ3n) is 11.8. The molecule has 10 rings (SSSR count). The number of esters is 2. The predicted molar refractivity (Wildman–Crippen MR) is 269 cm³/mol. The van der Waals surface area contributed by atoms with Gasteiger partial charge < -0.3 is 33.9 Å². The number of fused-ring (bicyclic) bond motifs is 10. The number of carbonyl (C=O) groups is 6. The molecule has 2 aliphatic rings. The third-order valence-corrected chi connectivity index (χ3v) is 11.8. The molecule has 0 saturated carbocycles. The highest BCUT2D eigenvalue weighted by molar-refractivity contribution is 6.30. The molecule has 2 aliphatic carbocycles. The molecule has 364 valence electrons. The van der Waals surface area contributed by atoms with Gasteiger partial charge in [-0.15, -0.1) is 0 Å². The van der Waals surface area contributed by atoms with E-state index in [-0.39, 0.29) is 28.7 Å². The molecule has 71 heavy (non-hydrogen) atoms. The molecule has 8 aromatic rings. The highest BCUT2D eigenvalue weighted by Gasteiger charge is 2.38. The van der Waals surface area contributed by atoms with Crippen molar-refractivity contribution in [1.82, 2.24) is 18.9 Å². The van der Waals surface area contributed by atoms with Crippen molar-refractivity contribution in [2.24, 2.45) is 0 Å². The van der Waals surface area contributed by atoms with E-state index >= 15 is 0 Å². The zero-order valence-corrected chi connectivity index (χ0v) is 40.9. The zero-order valence-electron chi connectivity index (χ0n) is 40.9. The van der Waals surface area contributed by atoms with E-state index in [4.69, 9.17) is 9.47 Å². The second-order valence-corrected chi connectivity index (χ2v) is 17.2. The molecule has 2 amide bonds. The number of hydrogen-bond acceptors (Lipinski definition) is 8. The Morgan fingerprint density at radius 3 is 1.10 bits per heavy atom. The molecule has 6 aromatic carbocycles. The first-order chi connectivity index (χ1) is 33.3. The second kappa shape index (κ2) is 21.0. The van der Waals surface area contributed by atoms with Crippen LogP contribution in [0.4, 0.5) is 8.78 Å². The molecular weight excluding hydrogens is 911 g/mol. The third kappa shape index (κ3) is 9.72. The van der Waals surface area contributed by atoms with Gasteiger partial charge >= 0.3 is 11.9 Å². The Kier molecular flexibility index (Phi) is 15.3. The average Bonchev–Trinajstić information content (AvgIpc) is 4.04. The van der Waals surface area contributed by atoms with Crippen LogP contribution in [0.2, 0.25) is 0 Å². The molecule has 15 heteroatoms. The maximum absolute atomic E-state index is 13.6. The lowest BCUT2D eigenvalue weighted by Gasteiger charge is -2.15. The molecule has 0 radical (unpaired) electrons. The predicted octanol–water partition coefficient (Wildman–Crippen LogP) is 9.63. The van der Waals surface area contributed by atoms with E-state index < -0.39 is 11.9 Å². The van der Waals surface area contributed by atoms with Gasteiger partial charge in [0.2, 0.25) is 12.8 Å². The summed E-state index contributed by atoms with van der Waals surface area (Å²) in [6.07, 6.45) is 1.50. The first-order valence-corrected chi connectivity index (χ1v) is 22.1. The van der Waals surface area contributed by atoms with E-state index in [1.54, 1.807) is 76.7 Å². The molecule has 2 aromatic heterocycles. The Bertz CT molecular complexity index is 3200. The van der Waals surface area contributed by atoms with Gasteiger partial charge in [0.05, 0.1) is 44.3 Å². The van der Waals surface area contributed by atoms with Gasteiger partial charge in [-0.05, 0) is 111 Å². The van der Waals surface area contributed by atoms with E-state index in [1.165, 1.54) is 47.9 Å². The van der Waals surface area contributed by atoms with Gasteiger partial charge in [0, 0.05) is 75.7 Å². The minimum atomic E-state index is -0.453. The van der Waals surface area contributed by atoms with Gasteiger partial charge in [0.15, 0.2) is 11.6 Å². The Morgan fingerprint density at radius 2 is 0.817 bits per heavy atom. The standard InChI is InChI=1S/2C25H18FNO3.2C3H7NO.H2O/c2*1-13-12-20(30-15(3)28)21-22-24(18-6-4-5-7-19(18)25(22)29)27(23(21)14(13)2)17-10-8-16(26)9-11-17;2*1-4(2)3-5;/h2*4-12H,1-3H3;2*3H,1-2H3;1H2. The maximum atomic E-state index is 13.6. The normalized spacial score (nSPS) is 11.3. The Balaban J connectivity index is 0.000000193. The zero-order chi connectivity index (χ0) is 50.9. The SMILES string of the molecule is CC(=O)Oc1cc(C)c(C)c2c1c1c(n2-c2ccc(F)cc2)-c2ccccc2C1=O.CC(=O)Oc1cc(C)c(C)c2c1c1c(n2-c2ccc(F)cc2)-c2ccccc2C1=O.CN(C)C=O.CN(C)C=O.O. The first-order valence-electron chi connectivity index (χ1n) is 22.1. The fraction of sp³-hybridized carbons (Fsp3) is 0.179. The van der Waals surface area contributed by atoms with Crippen LogP contribution in [0, 0.1) is 39.3 Å². The number of ketones is 2. The molecule has 0 saturated heterocycles. The number of benzene rings is 6. The second-order valence-electron chi connectivity index (χ2n) is 17.2. The fourth-order valence-electron chi connectivity index (χ4n) is 8.63. The van der Waals surface area contributed by atoms with E-state index in [9.17, 15) is 37.5 Å². The summed E-state index contributed by atoms with van der Waals surface area (Å²) in [5.41, 5.74) is 12.1. The number of hydrogen-bond donors (Lipinski definition) is 0. The van der Waals surface area contributed by atoms with Gasteiger partial charge in [-0.25, -0.2) is 8.78 Å². The number of aromatic nitrogens is 2. The van der Waals surface area contributed by atoms with Crippen LogP contribution in [-0.2, 0) is 19.2 Å². The quantitative estimate of drug-likeness (QED) is 0.0902. The summed E-state index contributed by atoms with van der Waals surface area (Å²) in [6.45, 7) is 10.5. The summed E-state index contributed by atoms with van der Waals surface area (Å²) in [5.74, 6) is -1.07. The Hall–Kier alpha value is -8.56. The monoisotopic (exact) mass is 962 g/mol. The molecule has 0 atom stereocenters. The van der Waals surface area contributed by atoms with Crippen LogP contribution in [0.25, 0.3) is 55.7 Å². The number of rotatable bonds is 6. The number of ether oxygens (including phenoxy) is 2. The molecule has 13 nitrogen and oxygen atoms in total. The lowest BCUT2D eigenvalue weighted by Crippen LogP contribution is -2.06. The largest absolute Gasteiger partial charge is 0.426 e. The van der Waals surface area contributed by atoms with Crippen molar-refractivity contribution in [3.8, 4) is 45.4 Å². The van der Waals surface area contributed by atoms with Crippen molar-refractivity contribution < 1.29 is 52.5 Å². The van der Waals surface area contributed by atoms with Crippen molar-refractivity contribution in [3.63, 3.8) is 0 Å². The topological polar surface area (TPSA) is 169 Å². The lowest BCUT2D eigenvalue weighted by molar-refractivity contribution is -0.132. The van der Waals surface area contributed by atoms with Crippen molar-refractivity contribution in [3.05, 3.63) is 165 Å². The summed E-state index contributed by atoms with van der Waals surface area (Å²) in [7, 11) is 6.75. The highest BCUT2D eigenvalue weighted by atomic mass is 19.1. The summed E-state index contributed by atoms with van der Waals surface area (Å²) in [6, 6.07) is 30.8. The smallest absolute Gasteiger partial charge is 0.308 e. The summed E-state index contributed by atoms with van der Waals surface area (Å²) in [4.78, 5) is 72.2. The van der Waals surface area contributed by atoms with Crippen molar-refractivity contribution >= 4 is 58.1 Å². The van der Waals surface area contributed by atoms with Crippen LogP contribution < -0.4 is 9.47 Å². The minimum Gasteiger partial charge on any atom is -0.426 e. The average molecular weight is 963 g/mol. The number of nitrogens with zero attached hydrogens (tertiary/aromatic N) is 4. The summed E-state index contributed by atoms with van der Waals surface area (Å²) in [5, 5.41) is 1.21. The number of carbonyl (C=O) groups excluding carboxylic acids is 6. The van der Waals surface area contributed by atoms with Crippen LogP contribution in [0.1, 0.15) is 67.9 Å². The van der Waals surface area contributed by atoms with Crippen LogP contribution in [0.5, 0.6) is 11.5 Å². The lowest BCUT2D eigenvalue weighted by atomic mass is 10.0. The van der Waals surface area contributed by atoms with Crippen LogP contribution in [-0.4, -0.2) is 88.9 Å². The highest BCUT2D eigenvalue weighted by Crippen LogP contribution is 2.50. The van der Waals surface area contributed by atoms with Gasteiger partial charge in [0.1, 0.15) is 23.1 Å². The maximum Gasteiger partial charge on any atom is 0.308 e. The van der Waals surface area contributed by atoms with E-state index in [0.29, 0.717) is 44.5 Å². The molecule has 2 N–H and O–H groups in total. The molecule has 0 fully saturated rings. The number of halogens is 2. The van der Waals surface area contributed by atoms with Gasteiger partial charge in [0.25, 0.3) is 0 Å². The molecular formula is C56H52F2N4O9. The first kappa shape index (κ1) is 51.8. The fourth-order valence-corrected chi connectivity index (χ4v) is 8.63. The van der Waals surface area contributed by atoms with E-state index in [1.807, 2.05) is 73.2 Å². The Morgan fingerprint density at radius 1 is 0.521 bits per heavy atom. The van der Waals surface area contributed by atoms with Crippen LogP contribution >= 0.6 is 0 Å². The van der Waals surface area contributed by atoms with Gasteiger partial charge in [-0.3, -0.25) is 28.8 Å². The summed E-state index contributed by atoms with van der Waals surface area (Å²) < 4.78 is 42.3. The van der Waals surface area contributed by atoms with Gasteiger partial charge in [-0.1, -0.05) is 48.5 Å². The van der Waals surface area contributed by atoms with Crippen molar-refractivity contribution in [1.29, 1.82) is 0 Å². The molecule has 0 unspecified atom stereocenters.